The van der Waals surface area contributed by atoms with Crippen LogP contribution in [0.4, 0.5) is 0 Å². The maximum atomic E-state index is 11.9. The first-order valence-electron chi connectivity index (χ1n) is 6.31. The van der Waals surface area contributed by atoms with E-state index in [9.17, 15) is 4.79 Å². The maximum Gasteiger partial charge on any atom is 0.327 e. The standard InChI is InChI=1S/C16H16BrNO2/c1-20-16(19)15(13-5-3-2-4-6-13)18-11-12-7-9-14(17)10-8-12/h2-10,15,18H,11H2,1H3. The van der Waals surface area contributed by atoms with Gasteiger partial charge in [0, 0.05) is 11.0 Å². The van der Waals surface area contributed by atoms with Gasteiger partial charge in [0.25, 0.3) is 0 Å². The van der Waals surface area contributed by atoms with Gasteiger partial charge >= 0.3 is 5.97 Å². The lowest BCUT2D eigenvalue weighted by atomic mass is 10.1. The Hall–Kier alpha value is -1.65. The minimum atomic E-state index is -0.454. The van der Waals surface area contributed by atoms with E-state index in [0.717, 1.165) is 15.6 Å². The van der Waals surface area contributed by atoms with E-state index in [4.69, 9.17) is 4.74 Å². The van der Waals surface area contributed by atoms with Gasteiger partial charge in [0.2, 0.25) is 0 Å². The van der Waals surface area contributed by atoms with Crippen molar-refractivity contribution in [3.05, 3.63) is 70.2 Å². The summed E-state index contributed by atoms with van der Waals surface area (Å²) in [5.74, 6) is -0.284. The highest BCUT2D eigenvalue weighted by atomic mass is 79.9. The molecule has 0 aliphatic rings. The Balaban J connectivity index is 2.09. The van der Waals surface area contributed by atoms with E-state index in [0.29, 0.717) is 6.54 Å². The first kappa shape index (κ1) is 14.8. The molecular weight excluding hydrogens is 318 g/mol. The normalized spacial score (nSPS) is 11.9. The number of ether oxygens (including phenoxy) is 1. The lowest BCUT2D eigenvalue weighted by molar-refractivity contribution is -0.143. The highest BCUT2D eigenvalue weighted by Gasteiger charge is 2.20. The van der Waals surface area contributed by atoms with Crippen LogP contribution in [-0.2, 0) is 16.1 Å². The lowest BCUT2D eigenvalue weighted by Crippen LogP contribution is -2.29. The van der Waals surface area contributed by atoms with Crippen molar-refractivity contribution >= 4 is 21.9 Å². The number of benzene rings is 2. The minimum absolute atomic E-state index is 0.284. The van der Waals surface area contributed by atoms with Crippen LogP contribution in [0.15, 0.2) is 59.1 Å². The summed E-state index contributed by atoms with van der Waals surface area (Å²) in [7, 11) is 1.40. The molecule has 0 radical (unpaired) electrons. The highest BCUT2D eigenvalue weighted by Crippen LogP contribution is 2.16. The van der Waals surface area contributed by atoms with Crippen molar-refractivity contribution in [3.8, 4) is 0 Å². The Labute approximate surface area is 127 Å². The molecule has 0 fully saturated rings. The predicted molar refractivity (Wildman–Crippen MR) is 82.2 cm³/mol. The predicted octanol–water partition coefficient (Wildman–Crippen LogP) is 3.45. The smallest absolute Gasteiger partial charge is 0.327 e. The summed E-state index contributed by atoms with van der Waals surface area (Å²) >= 11 is 3.40. The van der Waals surface area contributed by atoms with Crippen LogP contribution in [-0.4, -0.2) is 13.1 Å². The van der Waals surface area contributed by atoms with Gasteiger partial charge in [-0.05, 0) is 23.3 Å². The van der Waals surface area contributed by atoms with Crippen LogP contribution in [0.1, 0.15) is 17.2 Å². The number of carbonyl (C=O) groups is 1. The summed E-state index contributed by atoms with van der Waals surface area (Å²) in [4.78, 5) is 11.9. The van der Waals surface area contributed by atoms with Crippen LogP contribution in [0, 0.1) is 0 Å². The number of rotatable bonds is 5. The lowest BCUT2D eigenvalue weighted by Gasteiger charge is -2.17. The average Bonchev–Trinajstić information content (AvgIpc) is 2.50. The summed E-state index contributed by atoms with van der Waals surface area (Å²) in [6.45, 7) is 0.599. The van der Waals surface area contributed by atoms with Gasteiger partial charge in [-0.2, -0.15) is 0 Å². The van der Waals surface area contributed by atoms with Gasteiger partial charge in [0.05, 0.1) is 7.11 Å². The molecule has 0 heterocycles. The minimum Gasteiger partial charge on any atom is -0.468 e. The van der Waals surface area contributed by atoms with E-state index < -0.39 is 6.04 Å². The van der Waals surface area contributed by atoms with Crippen molar-refractivity contribution in [3.63, 3.8) is 0 Å². The van der Waals surface area contributed by atoms with E-state index in [2.05, 4.69) is 21.2 Å². The van der Waals surface area contributed by atoms with Crippen LogP contribution in [0.2, 0.25) is 0 Å². The Morgan fingerprint density at radius 3 is 2.40 bits per heavy atom. The van der Waals surface area contributed by atoms with E-state index in [-0.39, 0.29) is 5.97 Å². The number of methoxy groups -OCH3 is 1. The topological polar surface area (TPSA) is 38.3 Å². The van der Waals surface area contributed by atoms with Crippen LogP contribution < -0.4 is 5.32 Å². The molecule has 2 rings (SSSR count). The number of hydrogen-bond donors (Lipinski definition) is 1. The van der Waals surface area contributed by atoms with Crippen molar-refractivity contribution in [2.24, 2.45) is 0 Å². The summed E-state index contributed by atoms with van der Waals surface area (Å²) in [5.41, 5.74) is 2.01. The van der Waals surface area contributed by atoms with E-state index in [1.54, 1.807) is 0 Å². The third kappa shape index (κ3) is 3.92. The summed E-state index contributed by atoms with van der Waals surface area (Å²) in [5, 5.41) is 3.23. The summed E-state index contributed by atoms with van der Waals surface area (Å²) < 4.78 is 5.90. The second-order valence-corrected chi connectivity index (χ2v) is 5.29. The van der Waals surface area contributed by atoms with E-state index >= 15 is 0 Å². The monoisotopic (exact) mass is 333 g/mol. The number of hydrogen-bond acceptors (Lipinski definition) is 3. The van der Waals surface area contributed by atoms with Gasteiger partial charge in [-0.25, -0.2) is 4.79 Å². The molecule has 0 bridgehead atoms. The van der Waals surface area contributed by atoms with Gasteiger partial charge in [0.1, 0.15) is 6.04 Å². The second-order valence-electron chi connectivity index (χ2n) is 4.37. The number of nitrogens with one attached hydrogen (secondary N) is 1. The van der Waals surface area contributed by atoms with Crippen LogP contribution in [0.3, 0.4) is 0 Å². The van der Waals surface area contributed by atoms with Crippen LogP contribution in [0.25, 0.3) is 0 Å². The Morgan fingerprint density at radius 2 is 1.80 bits per heavy atom. The molecule has 3 nitrogen and oxygen atoms in total. The zero-order valence-electron chi connectivity index (χ0n) is 11.2. The first-order valence-corrected chi connectivity index (χ1v) is 7.10. The maximum absolute atomic E-state index is 11.9. The van der Waals surface area contributed by atoms with Gasteiger partial charge in [-0.15, -0.1) is 0 Å². The fourth-order valence-corrected chi connectivity index (χ4v) is 2.19. The van der Waals surface area contributed by atoms with Gasteiger partial charge in [-0.1, -0.05) is 58.4 Å². The third-order valence-corrected chi connectivity index (χ3v) is 3.52. The highest BCUT2D eigenvalue weighted by molar-refractivity contribution is 9.10. The van der Waals surface area contributed by atoms with Crippen molar-refractivity contribution in [2.45, 2.75) is 12.6 Å². The molecule has 104 valence electrons. The molecule has 0 aliphatic heterocycles. The Bertz CT molecular complexity index is 554. The second kappa shape index (κ2) is 7.22. The summed E-state index contributed by atoms with van der Waals surface area (Å²) in [6.07, 6.45) is 0. The molecule has 0 saturated carbocycles. The SMILES string of the molecule is COC(=O)C(NCc1ccc(Br)cc1)c1ccccc1. The van der Waals surface area contributed by atoms with Crippen molar-refractivity contribution in [2.75, 3.05) is 7.11 Å². The Kier molecular flexibility index (Phi) is 5.32. The molecule has 1 N–H and O–H groups in total. The zero-order chi connectivity index (χ0) is 14.4. The average molecular weight is 334 g/mol. The van der Waals surface area contributed by atoms with Crippen molar-refractivity contribution < 1.29 is 9.53 Å². The van der Waals surface area contributed by atoms with Crippen molar-refractivity contribution in [1.29, 1.82) is 0 Å². The zero-order valence-corrected chi connectivity index (χ0v) is 12.8. The number of esters is 1. The van der Waals surface area contributed by atoms with E-state index in [1.807, 2.05) is 54.6 Å². The molecular formula is C16H16BrNO2. The van der Waals surface area contributed by atoms with Crippen LogP contribution >= 0.6 is 15.9 Å². The molecule has 2 aromatic rings. The molecule has 1 atom stereocenters. The molecule has 0 spiro atoms. The number of halogens is 1. The van der Waals surface area contributed by atoms with Gasteiger partial charge < -0.3 is 4.74 Å². The van der Waals surface area contributed by atoms with E-state index in [1.165, 1.54) is 7.11 Å². The molecule has 2 aromatic carbocycles. The number of carbonyl (C=O) groups excluding carboxylic acids is 1. The molecule has 20 heavy (non-hydrogen) atoms. The van der Waals surface area contributed by atoms with Gasteiger partial charge in [-0.3, -0.25) is 5.32 Å². The van der Waals surface area contributed by atoms with Crippen molar-refractivity contribution in [1.82, 2.24) is 5.32 Å². The molecule has 4 heteroatoms. The molecule has 1 unspecified atom stereocenters. The molecule has 0 amide bonds. The van der Waals surface area contributed by atoms with Crippen LogP contribution in [0.5, 0.6) is 0 Å². The first-order chi connectivity index (χ1) is 9.70. The quantitative estimate of drug-likeness (QED) is 0.851. The fourth-order valence-electron chi connectivity index (χ4n) is 1.92. The molecule has 0 aliphatic carbocycles. The fraction of sp³-hybridized carbons (Fsp3) is 0.188. The summed E-state index contributed by atoms with van der Waals surface area (Å²) in [6, 6.07) is 17.1. The molecule has 0 saturated heterocycles. The largest absolute Gasteiger partial charge is 0.468 e. The third-order valence-electron chi connectivity index (χ3n) is 2.99. The molecule has 0 aromatic heterocycles. The Morgan fingerprint density at radius 1 is 1.15 bits per heavy atom. The van der Waals surface area contributed by atoms with Gasteiger partial charge in [0.15, 0.2) is 0 Å².